The highest BCUT2D eigenvalue weighted by Gasteiger charge is 2.21. The Balaban J connectivity index is 2.52. The molecule has 0 fully saturated rings. The molecule has 19 heavy (non-hydrogen) atoms. The summed E-state index contributed by atoms with van der Waals surface area (Å²) in [5, 5.41) is 0. The average Bonchev–Trinajstić information content (AvgIpc) is 2.38. The third-order valence-electron chi connectivity index (χ3n) is 2.77. The fourth-order valence-electron chi connectivity index (χ4n) is 1.78. The maximum atomic E-state index is 13.9. The molecule has 2 aromatic rings. The topological polar surface area (TPSA) is 30.0 Å². The average molecular weight is 261 g/mol. The van der Waals surface area contributed by atoms with Gasteiger partial charge < -0.3 is 0 Å². The van der Waals surface area contributed by atoms with E-state index in [4.69, 9.17) is 0 Å². The maximum absolute atomic E-state index is 13.9. The largest absolute Gasteiger partial charge is 0.294 e. The van der Waals surface area contributed by atoms with Gasteiger partial charge in [-0.1, -0.05) is 19.9 Å². The van der Waals surface area contributed by atoms with E-state index in [2.05, 4.69) is 4.98 Å². The molecule has 0 spiro atoms. The number of carbonyl (C=O) groups excluding carboxylic acids is 1. The van der Waals surface area contributed by atoms with Crippen molar-refractivity contribution in [1.82, 2.24) is 4.98 Å². The van der Waals surface area contributed by atoms with E-state index in [1.165, 1.54) is 0 Å². The van der Waals surface area contributed by atoms with Crippen LogP contribution < -0.4 is 0 Å². The van der Waals surface area contributed by atoms with Gasteiger partial charge in [0.15, 0.2) is 5.78 Å². The minimum absolute atomic E-state index is 0.316. The fourth-order valence-corrected chi connectivity index (χ4v) is 1.78. The lowest BCUT2D eigenvalue weighted by Crippen LogP contribution is -2.12. The van der Waals surface area contributed by atoms with Crippen molar-refractivity contribution in [2.75, 3.05) is 0 Å². The van der Waals surface area contributed by atoms with Crippen molar-refractivity contribution >= 4 is 5.78 Å². The van der Waals surface area contributed by atoms with Crippen LogP contribution in [0.2, 0.25) is 0 Å². The minimum atomic E-state index is -0.848. The summed E-state index contributed by atoms with van der Waals surface area (Å²) >= 11 is 0. The Kier molecular flexibility index (Phi) is 3.69. The summed E-state index contributed by atoms with van der Waals surface area (Å²) in [7, 11) is 0. The molecular formula is C15H13F2NO. The van der Waals surface area contributed by atoms with E-state index in [9.17, 15) is 13.6 Å². The lowest BCUT2D eigenvalue weighted by molar-refractivity contribution is 0.0931. The third-order valence-corrected chi connectivity index (χ3v) is 2.77. The standard InChI is InChI=1S/C15H13F2NO/c1-9(2)15(19)14-11(16)7-10(8-12(14)17)13-5-3-4-6-18-13/h3-9H,1-2H3. The maximum Gasteiger partial charge on any atom is 0.171 e. The molecule has 0 aliphatic carbocycles. The summed E-state index contributed by atoms with van der Waals surface area (Å²) in [6.45, 7) is 3.21. The summed E-state index contributed by atoms with van der Waals surface area (Å²) < 4.78 is 27.8. The first-order valence-electron chi connectivity index (χ1n) is 5.95. The number of Topliss-reactive ketones (excluding diaryl/α,β-unsaturated/α-hetero) is 1. The molecule has 0 saturated heterocycles. The molecule has 0 aliphatic heterocycles. The first-order valence-corrected chi connectivity index (χ1v) is 5.95. The zero-order valence-corrected chi connectivity index (χ0v) is 10.7. The molecule has 0 radical (unpaired) electrons. The molecule has 2 nitrogen and oxygen atoms in total. The van der Waals surface area contributed by atoms with E-state index in [-0.39, 0.29) is 0 Å². The molecule has 0 atom stereocenters. The van der Waals surface area contributed by atoms with Crippen LogP contribution in [0.5, 0.6) is 0 Å². The molecule has 2 rings (SSSR count). The monoisotopic (exact) mass is 261 g/mol. The van der Waals surface area contributed by atoms with Crippen LogP contribution in [0.3, 0.4) is 0 Å². The van der Waals surface area contributed by atoms with Crippen LogP contribution in [0.25, 0.3) is 11.3 Å². The Morgan fingerprint density at radius 2 is 1.79 bits per heavy atom. The van der Waals surface area contributed by atoms with Gasteiger partial charge in [-0.2, -0.15) is 0 Å². The molecule has 1 heterocycles. The number of aromatic nitrogens is 1. The summed E-state index contributed by atoms with van der Waals surface area (Å²) in [5.74, 6) is -2.69. The Bertz CT molecular complexity index is 586. The Hall–Kier alpha value is -2.10. The van der Waals surface area contributed by atoms with Crippen molar-refractivity contribution in [3.63, 3.8) is 0 Å². The summed E-state index contributed by atoms with van der Waals surface area (Å²) in [5.41, 5.74) is 0.300. The molecule has 98 valence electrons. The van der Waals surface area contributed by atoms with E-state index in [0.29, 0.717) is 11.3 Å². The first kappa shape index (κ1) is 13.3. The second kappa shape index (κ2) is 5.26. The molecule has 0 aliphatic rings. The molecular weight excluding hydrogens is 248 g/mol. The molecule has 0 amide bonds. The van der Waals surface area contributed by atoms with Gasteiger partial charge in [0.25, 0.3) is 0 Å². The van der Waals surface area contributed by atoms with Crippen molar-refractivity contribution in [2.45, 2.75) is 13.8 Å². The smallest absolute Gasteiger partial charge is 0.171 e. The van der Waals surface area contributed by atoms with Gasteiger partial charge in [-0.3, -0.25) is 9.78 Å². The molecule has 4 heteroatoms. The highest BCUT2D eigenvalue weighted by atomic mass is 19.1. The van der Waals surface area contributed by atoms with Crippen LogP contribution in [-0.2, 0) is 0 Å². The minimum Gasteiger partial charge on any atom is -0.294 e. The van der Waals surface area contributed by atoms with Gasteiger partial charge in [0.1, 0.15) is 11.6 Å². The highest BCUT2D eigenvalue weighted by Crippen LogP contribution is 2.24. The number of benzene rings is 1. The van der Waals surface area contributed by atoms with E-state index >= 15 is 0 Å². The van der Waals surface area contributed by atoms with Gasteiger partial charge in [0, 0.05) is 17.7 Å². The summed E-state index contributed by atoms with van der Waals surface area (Å²) in [6.07, 6.45) is 1.54. The zero-order valence-electron chi connectivity index (χ0n) is 10.7. The van der Waals surface area contributed by atoms with Crippen molar-refractivity contribution in [3.05, 3.63) is 53.7 Å². The Morgan fingerprint density at radius 3 is 2.26 bits per heavy atom. The number of halogens is 2. The lowest BCUT2D eigenvalue weighted by atomic mass is 9.98. The predicted molar refractivity (Wildman–Crippen MR) is 68.8 cm³/mol. The predicted octanol–water partition coefficient (Wildman–Crippen LogP) is 3.87. The highest BCUT2D eigenvalue weighted by molar-refractivity contribution is 5.98. The molecule has 1 aromatic heterocycles. The van der Waals surface area contributed by atoms with Crippen LogP contribution >= 0.6 is 0 Å². The number of rotatable bonds is 3. The van der Waals surface area contributed by atoms with Gasteiger partial charge in [0.2, 0.25) is 0 Å². The van der Waals surface area contributed by atoms with Gasteiger partial charge in [0.05, 0.1) is 11.3 Å². The first-order chi connectivity index (χ1) is 9.00. The van der Waals surface area contributed by atoms with Crippen LogP contribution in [0.15, 0.2) is 36.5 Å². The number of pyridine rings is 1. The number of carbonyl (C=O) groups is 1. The van der Waals surface area contributed by atoms with Crippen molar-refractivity contribution < 1.29 is 13.6 Å². The third kappa shape index (κ3) is 2.67. The SMILES string of the molecule is CC(C)C(=O)c1c(F)cc(-c2ccccn2)cc1F. The second-order valence-corrected chi connectivity index (χ2v) is 4.55. The van der Waals surface area contributed by atoms with Crippen LogP contribution in [-0.4, -0.2) is 10.8 Å². The van der Waals surface area contributed by atoms with Crippen molar-refractivity contribution in [2.24, 2.45) is 5.92 Å². The fraction of sp³-hybridized carbons (Fsp3) is 0.200. The van der Waals surface area contributed by atoms with Gasteiger partial charge >= 0.3 is 0 Å². The Labute approximate surface area is 110 Å². The van der Waals surface area contributed by atoms with Crippen LogP contribution in [0.4, 0.5) is 8.78 Å². The molecule has 0 bridgehead atoms. The quantitative estimate of drug-likeness (QED) is 0.785. The molecule has 0 unspecified atom stereocenters. The normalized spacial score (nSPS) is 10.8. The van der Waals surface area contributed by atoms with Crippen LogP contribution in [0, 0.1) is 17.6 Å². The number of hydrogen-bond acceptors (Lipinski definition) is 2. The van der Waals surface area contributed by atoms with Gasteiger partial charge in [-0.15, -0.1) is 0 Å². The van der Waals surface area contributed by atoms with E-state index in [1.807, 2.05) is 0 Å². The summed E-state index contributed by atoms with van der Waals surface area (Å²) in [6, 6.07) is 7.37. The van der Waals surface area contributed by atoms with Gasteiger partial charge in [-0.25, -0.2) is 8.78 Å². The van der Waals surface area contributed by atoms with Crippen LogP contribution in [0.1, 0.15) is 24.2 Å². The molecule has 0 saturated carbocycles. The van der Waals surface area contributed by atoms with Crippen molar-refractivity contribution in [1.29, 1.82) is 0 Å². The summed E-state index contributed by atoms with van der Waals surface area (Å²) in [4.78, 5) is 15.8. The van der Waals surface area contributed by atoms with E-state index in [1.54, 1.807) is 38.2 Å². The van der Waals surface area contributed by atoms with Crippen molar-refractivity contribution in [3.8, 4) is 11.3 Å². The molecule has 0 N–H and O–H groups in total. The zero-order chi connectivity index (χ0) is 14.0. The Morgan fingerprint density at radius 1 is 1.16 bits per heavy atom. The number of nitrogens with zero attached hydrogens (tertiary/aromatic N) is 1. The van der Waals surface area contributed by atoms with E-state index in [0.717, 1.165) is 12.1 Å². The number of ketones is 1. The lowest BCUT2D eigenvalue weighted by Gasteiger charge is -2.09. The second-order valence-electron chi connectivity index (χ2n) is 4.55. The van der Waals surface area contributed by atoms with Gasteiger partial charge in [-0.05, 0) is 24.3 Å². The van der Waals surface area contributed by atoms with E-state index < -0.39 is 28.9 Å². The number of hydrogen-bond donors (Lipinski definition) is 0. The molecule has 1 aromatic carbocycles.